The molecule has 0 fully saturated rings. The van der Waals surface area contributed by atoms with Gasteiger partial charge in [-0.3, -0.25) is 9.59 Å². The summed E-state index contributed by atoms with van der Waals surface area (Å²) in [7, 11) is 0. The number of carbonyl (C=O) groups is 2. The zero-order chi connectivity index (χ0) is 25.0. The van der Waals surface area contributed by atoms with Crippen LogP contribution < -0.4 is 20.7 Å². The van der Waals surface area contributed by atoms with E-state index in [1.165, 1.54) is 5.56 Å². The van der Waals surface area contributed by atoms with E-state index in [-0.39, 0.29) is 18.4 Å². The molecule has 3 aromatic carbocycles. The molecule has 36 heavy (non-hydrogen) atoms. The summed E-state index contributed by atoms with van der Waals surface area (Å²) in [4.78, 5) is 24.6. The van der Waals surface area contributed by atoms with Crippen LogP contribution in [-0.2, 0) is 17.8 Å². The fraction of sp³-hybridized carbons (Fsp3) is 0.172. The van der Waals surface area contributed by atoms with Crippen molar-refractivity contribution < 1.29 is 18.7 Å². The lowest BCUT2D eigenvalue weighted by molar-refractivity contribution is -0.114. The third-order valence-electron chi connectivity index (χ3n) is 5.44. The number of carbonyl (C=O) groups excluding carboxylic acids is 2. The lowest BCUT2D eigenvalue weighted by Gasteiger charge is -2.11. The average molecular weight is 484 g/mol. The minimum absolute atomic E-state index is 0.100. The number of hydrogen-bond acceptors (Lipinski definition) is 5. The number of amides is 2. The van der Waals surface area contributed by atoms with E-state index in [0.29, 0.717) is 30.2 Å². The van der Waals surface area contributed by atoms with E-state index >= 15 is 0 Å². The Labute approximate surface area is 210 Å². The van der Waals surface area contributed by atoms with E-state index < -0.39 is 0 Å². The molecule has 4 aromatic rings. The fourth-order valence-corrected chi connectivity index (χ4v) is 3.58. The van der Waals surface area contributed by atoms with Crippen LogP contribution in [0.1, 0.15) is 28.1 Å². The lowest BCUT2D eigenvalue weighted by atomic mass is 10.1. The highest BCUT2D eigenvalue weighted by Crippen LogP contribution is 2.18. The molecule has 0 saturated carbocycles. The average Bonchev–Trinajstić information content (AvgIpc) is 3.44. The highest BCUT2D eigenvalue weighted by molar-refractivity contribution is 5.96. The first-order valence-electron chi connectivity index (χ1n) is 11.9. The Hall–Kier alpha value is -4.52. The second kappa shape index (κ2) is 12.8. The maximum absolute atomic E-state index is 12.4. The first-order valence-corrected chi connectivity index (χ1v) is 11.9. The molecule has 3 N–H and O–H groups in total. The third-order valence-corrected chi connectivity index (χ3v) is 5.44. The van der Waals surface area contributed by atoms with E-state index in [1.54, 1.807) is 42.7 Å². The van der Waals surface area contributed by atoms with Gasteiger partial charge in [0.05, 0.1) is 26.0 Å². The molecule has 0 atom stereocenters. The SMILES string of the molecule is O=C(CNc1cccc(OCCCc2ccccc2)c1)Nc1ccc(C(=O)NCc2ccco2)cc1. The zero-order valence-electron chi connectivity index (χ0n) is 19.9. The summed E-state index contributed by atoms with van der Waals surface area (Å²) in [6.45, 7) is 1.04. The summed E-state index contributed by atoms with van der Waals surface area (Å²) in [5.74, 6) is 1.03. The van der Waals surface area contributed by atoms with Crippen molar-refractivity contribution in [1.82, 2.24) is 5.32 Å². The molecule has 0 saturated heterocycles. The van der Waals surface area contributed by atoms with Crippen molar-refractivity contribution in [3.63, 3.8) is 0 Å². The predicted octanol–water partition coefficient (Wildman–Crippen LogP) is 5.27. The monoisotopic (exact) mass is 483 g/mol. The molecule has 0 aliphatic heterocycles. The van der Waals surface area contributed by atoms with Crippen molar-refractivity contribution in [2.75, 3.05) is 23.8 Å². The number of hydrogen-bond donors (Lipinski definition) is 3. The van der Waals surface area contributed by atoms with Crippen molar-refractivity contribution in [3.05, 3.63) is 114 Å². The van der Waals surface area contributed by atoms with Gasteiger partial charge in [-0.1, -0.05) is 36.4 Å². The van der Waals surface area contributed by atoms with Crippen LogP contribution in [0, 0.1) is 0 Å². The molecule has 1 aromatic heterocycles. The maximum atomic E-state index is 12.4. The van der Waals surface area contributed by atoms with Crippen LogP contribution in [0.5, 0.6) is 5.75 Å². The first-order chi connectivity index (χ1) is 17.7. The van der Waals surface area contributed by atoms with Gasteiger partial charge in [-0.05, 0) is 66.9 Å². The zero-order valence-corrected chi connectivity index (χ0v) is 19.9. The van der Waals surface area contributed by atoms with Gasteiger partial charge in [0.1, 0.15) is 11.5 Å². The fourth-order valence-electron chi connectivity index (χ4n) is 3.58. The van der Waals surface area contributed by atoms with E-state index in [4.69, 9.17) is 9.15 Å². The number of benzene rings is 3. The van der Waals surface area contributed by atoms with Crippen LogP contribution >= 0.6 is 0 Å². The van der Waals surface area contributed by atoms with Crippen molar-refractivity contribution >= 4 is 23.2 Å². The summed E-state index contributed by atoms with van der Waals surface area (Å²) in [5.41, 5.74) is 3.21. The van der Waals surface area contributed by atoms with E-state index in [2.05, 4.69) is 28.1 Å². The first kappa shape index (κ1) is 24.6. The smallest absolute Gasteiger partial charge is 0.251 e. The van der Waals surface area contributed by atoms with Gasteiger partial charge in [0.15, 0.2) is 0 Å². The van der Waals surface area contributed by atoms with E-state index in [9.17, 15) is 9.59 Å². The molecular weight excluding hydrogens is 454 g/mol. The van der Waals surface area contributed by atoms with Gasteiger partial charge in [-0.25, -0.2) is 0 Å². The number of aryl methyl sites for hydroxylation is 1. The molecule has 0 aliphatic carbocycles. The summed E-state index contributed by atoms with van der Waals surface area (Å²) >= 11 is 0. The summed E-state index contributed by atoms with van der Waals surface area (Å²) in [5, 5.41) is 8.73. The van der Waals surface area contributed by atoms with Crippen molar-refractivity contribution in [3.8, 4) is 5.75 Å². The predicted molar refractivity (Wildman–Crippen MR) is 140 cm³/mol. The Morgan fingerprint density at radius 2 is 1.67 bits per heavy atom. The quantitative estimate of drug-likeness (QED) is 0.239. The molecular formula is C29H29N3O4. The summed E-state index contributed by atoms with van der Waals surface area (Å²) in [6, 6.07) is 28.2. The minimum Gasteiger partial charge on any atom is -0.494 e. The summed E-state index contributed by atoms with van der Waals surface area (Å²) < 4.78 is 11.1. The van der Waals surface area contributed by atoms with Crippen molar-refractivity contribution in [1.29, 1.82) is 0 Å². The summed E-state index contributed by atoms with van der Waals surface area (Å²) in [6.07, 6.45) is 3.46. The van der Waals surface area contributed by atoms with Crippen LogP contribution in [0.15, 0.2) is 102 Å². The number of rotatable bonds is 12. The Balaban J connectivity index is 1.17. The Morgan fingerprint density at radius 1 is 0.833 bits per heavy atom. The van der Waals surface area contributed by atoms with Crippen LogP contribution in [0.4, 0.5) is 11.4 Å². The molecule has 0 radical (unpaired) electrons. The third kappa shape index (κ3) is 7.77. The normalized spacial score (nSPS) is 10.4. The Morgan fingerprint density at radius 3 is 2.44 bits per heavy atom. The molecule has 0 spiro atoms. The van der Waals surface area contributed by atoms with E-state index in [1.807, 2.05) is 42.5 Å². The lowest BCUT2D eigenvalue weighted by Crippen LogP contribution is -2.23. The van der Waals surface area contributed by atoms with Crippen LogP contribution in [0.2, 0.25) is 0 Å². The number of anilines is 2. The maximum Gasteiger partial charge on any atom is 0.251 e. The van der Waals surface area contributed by atoms with Gasteiger partial charge in [-0.15, -0.1) is 0 Å². The van der Waals surface area contributed by atoms with Gasteiger partial charge in [0.2, 0.25) is 5.91 Å². The number of furan rings is 1. The van der Waals surface area contributed by atoms with Gasteiger partial charge in [0.25, 0.3) is 5.91 Å². The second-order valence-electron chi connectivity index (χ2n) is 8.21. The molecule has 1 heterocycles. The number of ether oxygens (including phenoxy) is 1. The largest absolute Gasteiger partial charge is 0.494 e. The minimum atomic E-state index is -0.215. The van der Waals surface area contributed by atoms with Crippen LogP contribution in [0.3, 0.4) is 0 Å². The molecule has 0 bridgehead atoms. The molecule has 7 nitrogen and oxygen atoms in total. The molecule has 2 amide bonds. The van der Waals surface area contributed by atoms with Gasteiger partial charge < -0.3 is 25.1 Å². The number of nitrogens with one attached hydrogen (secondary N) is 3. The Bertz CT molecular complexity index is 1240. The van der Waals surface area contributed by atoms with Gasteiger partial charge >= 0.3 is 0 Å². The highest BCUT2D eigenvalue weighted by Gasteiger charge is 2.08. The second-order valence-corrected chi connectivity index (χ2v) is 8.21. The van der Waals surface area contributed by atoms with Gasteiger partial charge in [-0.2, -0.15) is 0 Å². The van der Waals surface area contributed by atoms with Crippen molar-refractivity contribution in [2.45, 2.75) is 19.4 Å². The van der Waals surface area contributed by atoms with Gasteiger partial charge in [0, 0.05) is 23.0 Å². The standard InChI is InChI=1S/C29H29N3O4/c33-28(32-24-15-13-23(14-16-24)29(34)31-20-27-12-6-18-36-27)21-30-25-10-4-11-26(19-25)35-17-5-9-22-7-2-1-3-8-22/h1-4,6-8,10-16,18-19,30H,5,9,17,20-21H2,(H,31,34)(H,32,33). The Kier molecular flexibility index (Phi) is 8.75. The topological polar surface area (TPSA) is 92.6 Å². The van der Waals surface area contributed by atoms with Crippen LogP contribution in [0.25, 0.3) is 0 Å². The van der Waals surface area contributed by atoms with E-state index in [0.717, 1.165) is 24.3 Å². The molecule has 0 aliphatic rings. The molecule has 0 unspecified atom stereocenters. The van der Waals surface area contributed by atoms with Crippen molar-refractivity contribution in [2.24, 2.45) is 0 Å². The molecule has 4 rings (SSSR count). The van der Waals surface area contributed by atoms with Crippen LogP contribution in [-0.4, -0.2) is 25.0 Å². The molecule has 7 heteroatoms. The highest BCUT2D eigenvalue weighted by atomic mass is 16.5. The molecule has 184 valence electrons.